The first-order chi connectivity index (χ1) is 8.20. The van der Waals surface area contributed by atoms with Gasteiger partial charge in [0.1, 0.15) is 5.82 Å². The fourth-order valence-electron chi connectivity index (χ4n) is 1.45. The van der Waals surface area contributed by atoms with E-state index in [4.69, 9.17) is 23.2 Å². The molecule has 2 aromatic rings. The van der Waals surface area contributed by atoms with Crippen molar-refractivity contribution in [2.45, 2.75) is 6.92 Å². The first-order valence-electron chi connectivity index (χ1n) is 5.23. The second kappa shape index (κ2) is 5.34. The number of rotatable bonds is 3. The van der Waals surface area contributed by atoms with E-state index >= 15 is 0 Å². The van der Waals surface area contributed by atoms with E-state index in [1.807, 2.05) is 19.1 Å². The lowest BCUT2D eigenvalue weighted by molar-refractivity contribution is 1.02. The zero-order valence-corrected chi connectivity index (χ0v) is 10.8. The number of hydrogen-bond acceptors (Lipinski definition) is 3. The maximum absolute atomic E-state index is 6.09. The van der Waals surface area contributed by atoms with Crippen LogP contribution in [0.1, 0.15) is 6.92 Å². The van der Waals surface area contributed by atoms with Crippen molar-refractivity contribution in [1.29, 1.82) is 0 Å². The number of benzene rings is 1. The van der Waals surface area contributed by atoms with Crippen LogP contribution in [0.3, 0.4) is 0 Å². The van der Waals surface area contributed by atoms with Crippen LogP contribution in [-0.4, -0.2) is 16.7 Å². The fourth-order valence-corrected chi connectivity index (χ4v) is 1.83. The van der Waals surface area contributed by atoms with Gasteiger partial charge in [-0.05, 0) is 37.3 Å². The summed E-state index contributed by atoms with van der Waals surface area (Å²) in [4.78, 5) is 0. The van der Waals surface area contributed by atoms with Gasteiger partial charge in [0.05, 0.1) is 10.7 Å². The van der Waals surface area contributed by atoms with E-state index in [1.54, 1.807) is 18.2 Å². The average molecular weight is 268 g/mol. The summed E-state index contributed by atoms with van der Waals surface area (Å²) < 4.78 is 0. The van der Waals surface area contributed by atoms with Crippen LogP contribution in [0.2, 0.25) is 10.0 Å². The zero-order chi connectivity index (χ0) is 12.3. The Morgan fingerprint density at radius 1 is 1.12 bits per heavy atom. The Morgan fingerprint density at radius 2 is 1.94 bits per heavy atom. The summed E-state index contributed by atoms with van der Waals surface area (Å²) in [6.07, 6.45) is 0. The minimum absolute atomic E-state index is 0.611. The summed E-state index contributed by atoms with van der Waals surface area (Å²) in [6.45, 7) is 2.81. The van der Waals surface area contributed by atoms with Gasteiger partial charge < -0.3 is 5.32 Å². The third kappa shape index (κ3) is 2.87. The highest BCUT2D eigenvalue weighted by Gasteiger charge is 2.06. The van der Waals surface area contributed by atoms with Gasteiger partial charge in [0.2, 0.25) is 0 Å². The molecule has 1 N–H and O–H groups in total. The molecule has 0 amide bonds. The van der Waals surface area contributed by atoms with Crippen LogP contribution in [0.25, 0.3) is 11.3 Å². The molecule has 88 valence electrons. The Bertz CT molecular complexity index is 512. The molecule has 2 rings (SSSR count). The zero-order valence-electron chi connectivity index (χ0n) is 9.24. The quantitative estimate of drug-likeness (QED) is 0.917. The van der Waals surface area contributed by atoms with Crippen molar-refractivity contribution in [3.05, 3.63) is 40.4 Å². The molecule has 0 aliphatic heterocycles. The number of nitrogens with one attached hydrogen (secondary N) is 1. The molecule has 5 heteroatoms. The number of halogens is 2. The Hall–Kier alpha value is -1.32. The van der Waals surface area contributed by atoms with Crippen molar-refractivity contribution >= 4 is 29.0 Å². The van der Waals surface area contributed by atoms with Gasteiger partial charge in [0.25, 0.3) is 0 Å². The van der Waals surface area contributed by atoms with Crippen molar-refractivity contribution in [3.63, 3.8) is 0 Å². The summed E-state index contributed by atoms with van der Waals surface area (Å²) in [5.74, 6) is 0.745. The molecule has 17 heavy (non-hydrogen) atoms. The molecule has 0 aliphatic carbocycles. The van der Waals surface area contributed by atoms with Crippen molar-refractivity contribution in [2.75, 3.05) is 11.9 Å². The van der Waals surface area contributed by atoms with E-state index in [2.05, 4.69) is 15.5 Å². The number of hydrogen-bond donors (Lipinski definition) is 1. The van der Waals surface area contributed by atoms with Crippen molar-refractivity contribution in [3.8, 4) is 11.3 Å². The maximum atomic E-state index is 6.09. The molecule has 1 aromatic carbocycles. The van der Waals surface area contributed by atoms with Crippen LogP contribution in [0, 0.1) is 0 Å². The highest BCUT2D eigenvalue weighted by Crippen LogP contribution is 2.29. The molecular formula is C12H11Cl2N3. The van der Waals surface area contributed by atoms with Gasteiger partial charge in [0, 0.05) is 17.1 Å². The first-order valence-corrected chi connectivity index (χ1v) is 5.99. The Labute approximate surface area is 110 Å². The van der Waals surface area contributed by atoms with Gasteiger partial charge in [0.15, 0.2) is 0 Å². The number of anilines is 1. The molecule has 0 aliphatic rings. The second-order valence-electron chi connectivity index (χ2n) is 3.46. The maximum Gasteiger partial charge on any atom is 0.148 e. The molecule has 0 saturated carbocycles. The molecule has 0 spiro atoms. The lowest BCUT2D eigenvalue weighted by Gasteiger charge is -2.05. The van der Waals surface area contributed by atoms with E-state index < -0.39 is 0 Å². The first kappa shape index (κ1) is 12.1. The molecule has 1 heterocycles. The van der Waals surface area contributed by atoms with Gasteiger partial charge in [-0.3, -0.25) is 0 Å². The predicted molar refractivity (Wildman–Crippen MR) is 71.7 cm³/mol. The van der Waals surface area contributed by atoms with Gasteiger partial charge >= 0.3 is 0 Å². The largest absolute Gasteiger partial charge is 0.369 e. The summed E-state index contributed by atoms with van der Waals surface area (Å²) >= 11 is 12.0. The Morgan fingerprint density at radius 3 is 2.59 bits per heavy atom. The highest BCUT2D eigenvalue weighted by molar-refractivity contribution is 6.35. The molecule has 0 fully saturated rings. The Kier molecular flexibility index (Phi) is 3.82. The van der Waals surface area contributed by atoms with Gasteiger partial charge in [-0.1, -0.05) is 23.2 Å². The Balaban J connectivity index is 2.36. The van der Waals surface area contributed by atoms with Crippen molar-refractivity contribution in [1.82, 2.24) is 10.2 Å². The molecule has 0 radical (unpaired) electrons. The van der Waals surface area contributed by atoms with E-state index in [9.17, 15) is 0 Å². The average Bonchev–Trinajstić information content (AvgIpc) is 2.34. The van der Waals surface area contributed by atoms with Crippen LogP contribution < -0.4 is 5.32 Å². The van der Waals surface area contributed by atoms with E-state index in [0.29, 0.717) is 15.7 Å². The number of nitrogens with zero attached hydrogens (tertiary/aromatic N) is 2. The van der Waals surface area contributed by atoms with Crippen LogP contribution in [0.5, 0.6) is 0 Å². The lowest BCUT2D eigenvalue weighted by Crippen LogP contribution is -2.00. The normalized spacial score (nSPS) is 10.3. The van der Waals surface area contributed by atoms with Crippen LogP contribution >= 0.6 is 23.2 Å². The monoisotopic (exact) mass is 267 g/mol. The van der Waals surface area contributed by atoms with Crippen LogP contribution in [-0.2, 0) is 0 Å². The third-order valence-electron chi connectivity index (χ3n) is 2.23. The van der Waals surface area contributed by atoms with Crippen LogP contribution in [0.15, 0.2) is 30.3 Å². The third-order valence-corrected chi connectivity index (χ3v) is 2.79. The molecule has 3 nitrogen and oxygen atoms in total. The lowest BCUT2D eigenvalue weighted by atomic mass is 10.1. The molecule has 0 atom stereocenters. The summed E-state index contributed by atoms with van der Waals surface area (Å²) in [5.41, 5.74) is 1.49. The standard InChI is InChI=1S/C12H11Cl2N3/c1-2-15-12-6-5-11(16-17-12)9-7-8(13)3-4-10(9)14/h3-7H,2H2,1H3,(H,15,17). The van der Waals surface area contributed by atoms with E-state index in [0.717, 1.165) is 17.9 Å². The number of aromatic nitrogens is 2. The van der Waals surface area contributed by atoms with E-state index in [1.165, 1.54) is 0 Å². The smallest absolute Gasteiger partial charge is 0.148 e. The fraction of sp³-hybridized carbons (Fsp3) is 0.167. The summed E-state index contributed by atoms with van der Waals surface area (Å²) in [5, 5.41) is 12.5. The van der Waals surface area contributed by atoms with Gasteiger partial charge in [-0.15, -0.1) is 10.2 Å². The predicted octanol–water partition coefficient (Wildman–Crippen LogP) is 3.88. The molecule has 0 bridgehead atoms. The second-order valence-corrected chi connectivity index (χ2v) is 4.30. The minimum Gasteiger partial charge on any atom is -0.369 e. The van der Waals surface area contributed by atoms with Crippen LogP contribution in [0.4, 0.5) is 5.82 Å². The molecule has 0 unspecified atom stereocenters. The van der Waals surface area contributed by atoms with Gasteiger partial charge in [-0.25, -0.2) is 0 Å². The molecule has 1 aromatic heterocycles. The van der Waals surface area contributed by atoms with Crippen molar-refractivity contribution < 1.29 is 0 Å². The van der Waals surface area contributed by atoms with Crippen molar-refractivity contribution in [2.24, 2.45) is 0 Å². The highest BCUT2D eigenvalue weighted by atomic mass is 35.5. The topological polar surface area (TPSA) is 37.8 Å². The molecule has 0 saturated heterocycles. The summed E-state index contributed by atoms with van der Waals surface area (Å²) in [6, 6.07) is 9.00. The van der Waals surface area contributed by atoms with E-state index in [-0.39, 0.29) is 0 Å². The van der Waals surface area contributed by atoms with Gasteiger partial charge in [-0.2, -0.15) is 0 Å². The summed E-state index contributed by atoms with van der Waals surface area (Å²) in [7, 11) is 0. The SMILES string of the molecule is CCNc1ccc(-c2cc(Cl)ccc2Cl)nn1. The minimum atomic E-state index is 0.611. The molecular weight excluding hydrogens is 257 g/mol.